The molecule has 1 aliphatic heterocycles. The molecule has 3 rings (SSSR count). The lowest BCUT2D eigenvalue weighted by Gasteiger charge is -2.32. The number of carbonyl (C=O) groups excluding carboxylic acids is 1. The van der Waals surface area contributed by atoms with Crippen molar-refractivity contribution >= 4 is 17.2 Å². The van der Waals surface area contributed by atoms with E-state index in [-0.39, 0.29) is 5.91 Å². The Bertz CT molecular complexity index is 590. The Morgan fingerprint density at radius 2 is 2.48 bits per heavy atom. The van der Waals surface area contributed by atoms with Gasteiger partial charge in [-0.25, -0.2) is 0 Å². The highest BCUT2D eigenvalue weighted by Crippen LogP contribution is 2.26. The van der Waals surface area contributed by atoms with Crippen LogP contribution in [0, 0.1) is 6.92 Å². The topological polar surface area (TPSA) is 49.0 Å². The fraction of sp³-hybridized carbons (Fsp3) is 0.500. The minimum Gasteiger partial charge on any atom is -0.342 e. The number of carbonyl (C=O) groups is 1. The number of aromatic nitrogens is 2. The molecule has 1 amide bonds. The Morgan fingerprint density at radius 1 is 1.57 bits per heavy atom. The number of aromatic amines is 1. The summed E-state index contributed by atoms with van der Waals surface area (Å²) < 4.78 is 0. The summed E-state index contributed by atoms with van der Waals surface area (Å²) in [7, 11) is 0. The number of H-pyrrole nitrogens is 1. The lowest BCUT2D eigenvalue weighted by molar-refractivity contribution is -0.132. The zero-order valence-electron chi connectivity index (χ0n) is 12.3. The van der Waals surface area contributed by atoms with Crippen LogP contribution in [0.1, 0.15) is 42.1 Å². The first-order chi connectivity index (χ1) is 10.2. The summed E-state index contributed by atoms with van der Waals surface area (Å²) >= 11 is 1.69. The Labute approximate surface area is 129 Å². The highest BCUT2D eigenvalue weighted by atomic mass is 32.1. The molecule has 1 N–H and O–H groups in total. The summed E-state index contributed by atoms with van der Waals surface area (Å²) in [5.74, 6) is 0.659. The molecule has 0 bridgehead atoms. The first-order valence-corrected chi connectivity index (χ1v) is 8.47. The van der Waals surface area contributed by atoms with Crippen LogP contribution in [0.15, 0.2) is 22.9 Å². The summed E-state index contributed by atoms with van der Waals surface area (Å²) in [4.78, 5) is 14.4. The molecule has 1 fully saturated rings. The number of nitrogens with zero attached hydrogens (tertiary/aromatic N) is 2. The second-order valence-electron chi connectivity index (χ2n) is 5.79. The largest absolute Gasteiger partial charge is 0.342 e. The third kappa shape index (κ3) is 3.53. The highest BCUT2D eigenvalue weighted by molar-refractivity contribution is 7.07. The van der Waals surface area contributed by atoms with Gasteiger partial charge in [-0.3, -0.25) is 9.89 Å². The minimum absolute atomic E-state index is 0.276. The Hall–Kier alpha value is -1.62. The third-order valence-corrected chi connectivity index (χ3v) is 4.86. The number of thiophene rings is 1. The molecule has 1 atom stereocenters. The molecule has 21 heavy (non-hydrogen) atoms. The lowest BCUT2D eigenvalue weighted by atomic mass is 9.94. The Morgan fingerprint density at radius 3 is 3.19 bits per heavy atom. The van der Waals surface area contributed by atoms with E-state index in [1.54, 1.807) is 11.3 Å². The van der Waals surface area contributed by atoms with Crippen molar-refractivity contribution in [1.29, 1.82) is 0 Å². The Kier molecular flexibility index (Phi) is 4.39. The summed E-state index contributed by atoms with van der Waals surface area (Å²) in [6, 6.07) is 4.20. The molecule has 4 nitrogen and oxygen atoms in total. The van der Waals surface area contributed by atoms with E-state index in [2.05, 4.69) is 33.1 Å². The molecular weight excluding hydrogens is 282 g/mol. The maximum Gasteiger partial charge on any atom is 0.222 e. The van der Waals surface area contributed by atoms with Crippen LogP contribution < -0.4 is 0 Å². The van der Waals surface area contributed by atoms with Crippen LogP contribution >= 0.6 is 11.3 Å². The SMILES string of the molecule is Cc1cc(C2CCCN(C(=O)CCc3ccsc3)C2)n[nH]1. The van der Waals surface area contributed by atoms with Crippen molar-refractivity contribution < 1.29 is 4.79 Å². The van der Waals surface area contributed by atoms with Crippen LogP contribution in [-0.2, 0) is 11.2 Å². The number of aryl methyl sites for hydroxylation is 2. The molecule has 0 saturated carbocycles. The van der Waals surface area contributed by atoms with Crippen molar-refractivity contribution in [2.75, 3.05) is 13.1 Å². The van der Waals surface area contributed by atoms with Crippen LogP contribution in [0.4, 0.5) is 0 Å². The van der Waals surface area contributed by atoms with Crippen LogP contribution in [0.3, 0.4) is 0 Å². The van der Waals surface area contributed by atoms with Crippen molar-refractivity contribution in [2.24, 2.45) is 0 Å². The van der Waals surface area contributed by atoms with Gasteiger partial charge in [-0.1, -0.05) is 0 Å². The molecule has 0 spiro atoms. The average molecular weight is 303 g/mol. The number of nitrogens with one attached hydrogen (secondary N) is 1. The second kappa shape index (κ2) is 6.43. The van der Waals surface area contributed by atoms with Gasteiger partial charge in [-0.15, -0.1) is 0 Å². The zero-order chi connectivity index (χ0) is 14.7. The second-order valence-corrected chi connectivity index (χ2v) is 6.57. The fourth-order valence-corrected chi connectivity index (χ4v) is 3.64. The molecule has 1 aliphatic rings. The predicted octanol–water partition coefficient (Wildman–Crippen LogP) is 3.12. The van der Waals surface area contributed by atoms with E-state index < -0.39 is 0 Å². The van der Waals surface area contributed by atoms with Crippen LogP contribution in [0.25, 0.3) is 0 Å². The number of hydrogen-bond donors (Lipinski definition) is 1. The predicted molar refractivity (Wildman–Crippen MR) is 84.5 cm³/mol. The first kappa shape index (κ1) is 14.3. The third-order valence-electron chi connectivity index (χ3n) is 4.13. The highest BCUT2D eigenvalue weighted by Gasteiger charge is 2.25. The van der Waals surface area contributed by atoms with Gasteiger partial charge in [-0.2, -0.15) is 16.4 Å². The van der Waals surface area contributed by atoms with E-state index in [0.29, 0.717) is 12.3 Å². The molecule has 5 heteroatoms. The van der Waals surface area contributed by atoms with Gasteiger partial charge in [0.1, 0.15) is 0 Å². The van der Waals surface area contributed by atoms with Crippen molar-refractivity contribution in [3.05, 3.63) is 39.8 Å². The van der Waals surface area contributed by atoms with Gasteiger partial charge in [0.15, 0.2) is 0 Å². The van der Waals surface area contributed by atoms with Gasteiger partial charge in [0, 0.05) is 31.1 Å². The summed E-state index contributed by atoms with van der Waals surface area (Å²) in [5.41, 5.74) is 3.46. The zero-order valence-corrected chi connectivity index (χ0v) is 13.2. The molecule has 0 aromatic carbocycles. The van der Waals surface area contributed by atoms with Crippen molar-refractivity contribution in [3.63, 3.8) is 0 Å². The lowest BCUT2D eigenvalue weighted by Crippen LogP contribution is -2.39. The summed E-state index contributed by atoms with van der Waals surface area (Å²) in [5, 5.41) is 11.5. The normalized spacial score (nSPS) is 18.9. The van der Waals surface area contributed by atoms with E-state index in [1.165, 1.54) is 5.56 Å². The van der Waals surface area contributed by atoms with Crippen molar-refractivity contribution in [2.45, 2.75) is 38.5 Å². The number of rotatable bonds is 4. The van der Waals surface area contributed by atoms with Gasteiger partial charge in [0.25, 0.3) is 0 Å². The first-order valence-electron chi connectivity index (χ1n) is 7.53. The van der Waals surface area contributed by atoms with Crippen LogP contribution in [-0.4, -0.2) is 34.1 Å². The standard InChI is InChI=1S/C16H21N3OS/c1-12-9-15(18-17-12)14-3-2-7-19(10-14)16(20)5-4-13-6-8-21-11-13/h6,8-9,11,14H,2-5,7,10H2,1H3,(H,17,18). The van der Waals surface area contributed by atoms with Crippen LogP contribution in [0.5, 0.6) is 0 Å². The van der Waals surface area contributed by atoms with Crippen LogP contribution in [0.2, 0.25) is 0 Å². The van der Waals surface area contributed by atoms with Gasteiger partial charge in [0.05, 0.1) is 5.69 Å². The average Bonchev–Trinajstić information content (AvgIpc) is 3.16. The molecule has 112 valence electrons. The van der Waals surface area contributed by atoms with Crippen molar-refractivity contribution in [1.82, 2.24) is 15.1 Å². The van der Waals surface area contributed by atoms with Gasteiger partial charge in [-0.05, 0) is 54.6 Å². The maximum atomic E-state index is 12.4. The molecule has 1 unspecified atom stereocenters. The molecule has 0 radical (unpaired) electrons. The number of likely N-dealkylation sites (tertiary alicyclic amines) is 1. The molecule has 2 aromatic rings. The van der Waals surface area contributed by atoms with E-state index in [1.807, 2.05) is 11.8 Å². The molecule has 1 saturated heterocycles. The van der Waals surface area contributed by atoms with Crippen molar-refractivity contribution in [3.8, 4) is 0 Å². The van der Waals surface area contributed by atoms with E-state index in [0.717, 1.165) is 43.7 Å². The number of hydrogen-bond acceptors (Lipinski definition) is 3. The van der Waals surface area contributed by atoms with E-state index >= 15 is 0 Å². The van der Waals surface area contributed by atoms with E-state index in [4.69, 9.17) is 0 Å². The Balaban J connectivity index is 1.56. The smallest absolute Gasteiger partial charge is 0.222 e. The molecular formula is C16H21N3OS. The summed E-state index contributed by atoms with van der Waals surface area (Å²) in [6.07, 6.45) is 3.66. The van der Waals surface area contributed by atoms with Gasteiger partial charge < -0.3 is 4.90 Å². The fourth-order valence-electron chi connectivity index (χ4n) is 2.94. The number of piperidine rings is 1. The molecule has 3 heterocycles. The van der Waals surface area contributed by atoms with E-state index in [9.17, 15) is 4.79 Å². The van der Waals surface area contributed by atoms with Gasteiger partial charge in [0.2, 0.25) is 5.91 Å². The van der Waals surface area contributed by atoms with Gasteiger partial charge >= 0.3 is 0 Å². The number of amides is 1. The quantitative estimate of drug-likeness (QED) is 0.943. The molecule has 2 aromatic heterocycles. The maximum absolute atomic E-state index is 12.4. The monoisotopic (exact) mass is 303 g/mol. The molecule has 0 aliphatic carbocycles. The summed E-state index contributed by atoms with van der Waals surface area (Å²) in [6.45, 7) is 3.72. The minimum atomic E-state index is 0.276.